The highest BCUT2D eigenvalue weighted by molar-refractivity contribution is 7.16. The Bertz CT molecular complexity index is 824. The zero-order valence-electron chi connectivity index (χ0n) is 10.5. The lowest BCUT2D eigenvalue weighted by atomic mass is 10.1. The first-order valence-corrected chi connectivity index (χ1v) is 6.82. The van der Waals surface area contributed by atoms with E-state index in [0.717, 1.165) is 5.01 Å². The lowest BCUT2D eigenvalue weighted by Crippen LogP contribution is -2.19. The quantitative estimate of drug-likeness (QED) is 0.670. The van der Waals surface area contributed by atoms with E-state index in [-0.39, 0.29) is 11.3 Å². The van der Waals surface area contributed by atoms with E-state index in [1.165, 1.54) is 15.9 Å². The van der Waals surface area contributed by atoms with Gasteiger partial charge < -0.3 is 11.5 Å². The molecule has 0 fully saturated rings. The van der Waals surface area contributed by atoms with Crippen molar-refractivity contribution in [1.29, 1.82) is 0 Å². The molecule has 2 aromatic heterocycles. The van der Waals surface area contributed by atoms with Gasteiger partial charge in [0.2, 0.25) is 4.96 Å². The molecule has 4 N–H and O–H groups in total. The molecule has 0 amide bonds. The number of anilines is 1. The van der Waals surface area contributed by atoms with Crippen molar-refractivity contribution in [2.24, 2.45) is 5.73 Å². The number of benzene rings is 1. The van der Waals surface area contributed by atoms with E-state index in [1.54, 1.807) is 24.3 Å². The molecule has 8 heteroatoms. The Morgan fingerprint density at radius 1 is 1.25 bits per heavy atom. The van der Waals surface area contributed by atoms with Gasteiger partial charge in [-0.3, -0.25) is 4.79 Å². The summed E-state index contributed by atoms with van der Waals surface area (Å²) >= 11 is 1.31. The highest BCUT2D eigenvalue weighted by Gasteiger charge is 2.14. The van der Waals surface area contributed by atoms with Gasteiger partial charge in [0.25, 0.3) is 0 Å². The Hall–Kier alpha value is -2.32. The third-order valence-electron chi connectivity index (χ3n) is 2.81. The van der Waals surface area contributed by atoms with Crippen LogP contribution in [-0.4, -0.2) is 26.4 Å². The summed E-state index contributed by atoms with van der Waals surface area (Å²) < 4.78 is 1.25. The fourth-order valence-corrected chi connectivity index (χ4v) is 2.71. The molecule has 3 rings (SSSR count). The van der Waals surface area contributed by atoms with Crippen molar-refractivity contribution < 1.29 is 0 Å². The molecule has 0 atom stereocenters. The van der Waals surface area contributed by atoms with Crippen molar-refractivity contribution in [2.45, 2.75) is 6.42 Å². The number of para-hydroxylation sites is 1. The smallest absolute Gasteiger partial charge is 0.302 e. The summed E-state index contributed by atoms with van der Waals surface area (Å²) in [5.41, 5.74) is 12.3. The second kappa shape index (κ2) is 4.99. The topological polar surface area (TPSA) is 112 Å². The number of nitrogens with two attached hydrogens (primary N) is 2. The first-order valence-electron chi connectivity index (χ1n) is 6.01. The summed E-state index contributed by atoms with van der Waals surface area (Å²) in [7, 11) is 0. The highest BCUT2D eigenvalue weighted by Crippen LogP contribution is 2.21. The number of hydrogen-bond donors (Lipinski definition) is 2. The summed E-state index contributed by atoms with van der Waals surface area (Å²) in [6, 6.07) is 7.04. The van der Waals surface area contributed by atoms with Gasteiger partial charge in [0.15, 0.2) is 5.69 Å². The van der Waals surface area contributed by atoms with Crippen LogP contribution in [0, 0.1) is 0 Å². The predicted octanol–water partition coefficient (Wildman–Crippen LogP) is 0.296. The summed E-state index contributed by atoms with van der Waals surface area (Å²) in [6.45, 7) is 0.473. The van der Waals surface area contributed by atoms with Crippen molar-refractivity contribution in [1.82, 2.24) is 19.8 Å². The Morgan fingerprint density at radius 2 is 2.05 bits per heavy atom. The number of nitrogen functional groups attached to an aromatic ring is 1. The van der Waals surface area contributed by atoms with Gasteiger partial charge in [0.1, 0.15) is 5.01 Å². The Balaban J connectivity index is 2.21. The molecule has 0 saturated heterocycles. The zero-order valence-corrected chi connectivity index (χ0v) is 11.3. The molecule has 3 aromatic rings. The monoisotopic (exact) mass is 288 g/mol. The Morgan fingerprint density at radius 3 is 2.80 bits per heavy atom. The second-order valence-electron chi connectivity index (χ2n) is 4.17. The minimum absolute atomic E-state index is 0.199. The van der Waals surface area contributed by atoms with Crippen molar-refractivity contribution in [3.63, 3.8) is 0 Å². The molecular weight excluding hydrogens is 276 g/mol. The molecule has 1 aromatic carbocycles. The maximum absolute atomic E-state index is 12.4. The standard InChI is InChI=1S/C12H12N6OS/c13-6-5-9-17-18-11(19)10(15-16-12(18)20-9)7-3-1-2-4-8(7)14/h1-4H,5-6,13-14H2. The normalized spacial score (nSPS) is 11.1. The van der Waals surface area contributed by atoms with Crippen LogP contribution >= 0.6 is 11.3 Å². The Labute approximate surface area is 117 Å². The fourth-order valence-electron chi connectivity index (χ4n) is 1.86. The molecule has 0 aliphatic carbocycles. The maximum atomic E-state index is 12.4. The van der Waals surface area contributed by atoms with Crippen molar-refractivity contribution in [2.75, 3.05) is 12.3 Å². The average molecular weight is 288 g/mol. The third-order valence-corrected chi connectivity index (χ3v) is 3.76. The molecule has 0 spiro atoms. The van der Waals surface area contributed by atoms with Crippen LogP contribution in [0.25, 0.3) is 16.2 Å². The average Bonchev–Trinajstić information content (AvgIpc) is 2.85. The van der Waals surface area contributed by atoms with Gasteiger partial charge in [-0.15, -0.1) is 10.2 Å². The largest absolute Gasteiger partial charge is 0.398 e. The molecule has 0 bridgehead atoms. The number of rotatable bonds is 3. The SMILES string of the molecule is NCCc1nn2c(=O)c(-c3ccccc3N)nnc2s1. The van der Waals surface area contributed by atoms with Crippen LogP contribution in [0.2, 0.25) is 0 Å². The molecule has 20 heavy (non-hydrogen) atoms. The van der Waals surface area contributed by atoms with Crippen LogP contribution < -0.4 is 17.0 Å². The van der Waals surface area contributed by atoms with Gasteiger partial charge in [-0.05, 0) is 12.6 Å². The van der Waals surface area contributed by atoms with Crippen molar-refractivity contribution >= 4 is 22.0 Å². The van der Waals surface area contributed by atoms with Gasteiger partial charge in [0.05, 0.1) is 0 Å². The lowest BCUT2D eigenvalue weighted by Gasteiger charge is -2.02. The maximum Gasteiger partial charge on any atom is 0.302 e. The van der Waals surface area contributed by atoms with E-state index in [0.29, 0.717) is 29.2 Å². The molecule has 7 nitrogen and oxygen atoms in total. The minimum atomic E-state index is -0.326. The number of nitrogens with zero attached hydrogens (tertiary/aromatic N) is 4. The number of hydrogen-bond acceptors (Lipinski definition) is 7. The molecular formula is C12H12N6OS. The molecule has 0 unspecified atom stereocenters. The van der Waals surface area contributed by atoms with Gasteiger partial charge in [-0.25, -0.2) is 0 Å². The fraction of sp³-hybridized carbons (Fsp3) is 0.167. The van der Waals surface area contributed by atoms with Crippen LogP contribution in [0.4, 0.5) is 5.69 Å². The van der Waals surface area contributed by atoms with Crippen molar-refractivity contribution in [3.8, 4) is 11.3 Å². The van der Waals surface area contributed by atoms with Crippen LogP contribution in [-0.2, 0) is 6.42 Å². The number of fused-ring (bicyclic) bond motifs is 1. The summed E-state index contributed by atoms with van der Waals surface area (Å²) in [4.78, 5) is 12.9. The van der Waals surface area contributed by atoms with Crippen LogP contribution in [0.1, 0.15) is 5.01 Å². The van der Waals surface area contributed by atoms with Gasteiger partial charge in [-0.1, -0.05) is 29.5 Å². The van der Waals surface area contributed by atoms with E-state index < -0.39 is 0 Å². The van der Waals surface area contributed by atoms with E-state index in [4.69, 9.17) is 11.5 Å². The first-order chi connectivity index (χ1) is 9.70. The van der Waals surface area contributed by atoms with E-state index in [2.05, 4.69) is 15.3 Å². The van der Waals surface area contributed by atoms with Crippen LogP contribution in [0.3, 0.4) is 0 Å². The van der Waals surface area contributed by atoms with E-state index in [1.807, 2.05) is 0 Å². The Kier molecular flexibility index (Phi) is 3.17. The second-order valence-corrected chi connectivity index (χ2v) is 5.21. The van der Waals surface area contributed by atoms with E-state index >= 15 is 0 Å². The van der Waals surface area contributed by atoms with Gasteiger partial charge in [0, 0.05) is 17.7 Å². The summed E-state index contributed by atoms with van der Waals surface area (Å²) in [6.07, 6.45) is 0.607. The lowest BCUT2D eigenvalue weighted by molar-refractivity contribution is 0.818. The third kappa shape index (κ3) is 2.04. The first kappa shape index (κ1) is 12.7. The molecule has 0 aliphatic heterocycles. The molecule has 0 radical (unpaired) electrons. The van der Waals surface area contributed by atoms with Gasteiger partial charge >= 0.3 is 5.56 Å². The predicted molar refractivity (Wildman–Crippen MR) is 77.5 cm³/mol. The highest BCUT2D eigenvalue weighted by atomic mass is 32.1. The molecule has 0 saturated carbocycles. The summed E-state index contributed by atoms with van der Waals surface area (Å²) in [5, 5.41) is 13.0. The number of aromatic nitrogens is 4. The van der Waals surface area contributed by atoms with E-state index in [9.17, 15) is 4.79 Å². The van der Waals surface area contributed by atoms with Crippen molar-refractivity contribution in [3.05, 3.63) is 39.6 Å². The van der Waals surface area contributed by atoms with Gasteiger partial charge in [-0.2, -0.15) is 9.61 Å². The molecule has 102 valence electrons. The minimum Gasteiger partial charge on any atom is -0.398 e. The zero-order chi connectivity index (χ0) is 14.1. The van der Waals surface area contributed by atoms with Crippen LogP contribution in [0.15, 0.2) is 29.1 Å². The summed E-state index contributed by atoms with van der Waals surface area (Å²) in [5.74, 6) is 0. The molecule has 2 heterocycles. The molecule has 0 aliphatic rings. The van der Waals surface area contributed by atoms with Crippen LogP contribution in [0.5, 0.6) is 0 Å².